The predicted molar refractivity (Wildman–Crippen MR) is 151 cm³/mol. The lowest BCUT2D eigenvalue weighted by Crippen LogP contribution is -2.48. The molecule has 0 radical (unpaired) electrons. The van der Waals surface area contributed by atoms with E-state index in [4.69, 9.17) is 5.73 Å². The summed E-state index contributed by atoms with van der Waals surface area (Å²) in [4.78, 5) is 44.5. The molecule has 1 fully saturated rings. The van der Waals surface area contributed by atoms with Crippen molar-refractivity contribution in [2.75, 3.05) is 11.9 Å². The lowest BCUT2D eigenvalue weighted by atomic mass is 9.81. The molecule has 1 aliphatic rings. The summed E-state index contributed by atoms with van der Waals surface area (Å²) in [6.45, 7) is 0.639. The monoisotopic (exact) mass is 540 g/mol. The molecule has 2 aromatic heterocycles. The number of amides is 2. The van der Waals surface area contributed by atoms with Crippen LogP contribution in [0.15, 0.2) is 82.4 Å². The number of carbonyl (C=O) groups is 2. The second kappa shape index (κ2) is 12.5. The molecule has 0 bridgehead atoms. The summed E-state index contributed by atoms with van der Waals surface area (Å²) in [5.41, 5.74) is 10.0. The van der Waals surface area contributed by atoms with Gasteiger partial charge in [0.25, 0.3) is 0 Å². The zero-order chi connectivity index (χ0) is 27.9. The van der Waals surface area contributed by atoms with E-state index in [1.54, 1.807) is 36.7 Å². The number of H-pyrrole nitrogens is 1. The molecule has 1 aliphatic carbocycles. The van der Waals surface area contributed by atoms with Crippen molar-refractivity contribution in [3.8, 4) is 22.5 Å². The van der Waals surface area contributed by atoms with Gasteiger partial charge in [-0.25, -0.2) is 4.79 Å². The van der Waals surface area contributed by atoms with E-state index in [-0.39, 0.29) is 17.7 Å². The lowest BCUT2D eigenvalue weighted by Gasteiger charge is -2.28. The predicted octanol–water partition coefficient (Wildman–Crippen LogP) is 3.52. The normalized spacial score (nSPS) is 17.6. The van der Waals surface area contributed by atoms with E-state index in [1.807, 2.05) is 36.4 Å². The zero-order valence-corrected chi connectivity index (χ0v) is 22.0. The molecule has 1 atom stereocenters. The molecule has 4 aromatic rings. The van der Waals surface area contributed by atoms with E-state index < -0.39 is 11.8 Å². The van der Waals surface area contributed by atoms with Crippen LogP contribution >= 0.6 is 0 Å². The summed E-state index contributed by atoms with van der Waals surface area (Å²) >= 11 is 0. The van der Waals surface area contributed by atoms with Gasteiger partial charge in [-0.3, -0.25) is 24.1 Å². The van der Waals surface area contributed by atoms with Crippen LogP contribution in [0.5, 0.6) is 0 Å². The molecular weight excluding hydrogens is 508 g/mol. The van der Waals surface area contributed by atoms with E-state index in [9.17, 15) is 14.4 Å². The largest absolute Gasteiger partial charge is 0.439 e. The average Bonchev–Trinajstić information content (AvgIpc) is 3.44. The molecule has 10 nitrogen and oxygen atoms in total. The number of aromatic nitrogens is 3. The first kappa shape index (κ1) is 27.0. The highest BCUT2D eigenvalue weighted by Gasteiger charge is 2.29. The van der Waals surface area contributed by atoms with Crippen molar-refractivity contribution in [2.45, 2.75) is 38.1 Å². The van der Waals surface area contributed by atoms with Crippen LogP contribution in [0.25, 0.3) is 22.5 Å². The summed E-state index contributed by atoms with van der Waals surface area (Å²) in [6, 6.07) is 17.9. The number of nitrogens with zero attached hydrogens (tertiary/aromatic N) is 2. The topological polar surface area (TPSA) is 156 Å². The summed E-state index contributed by atoms with van der Waals surface area (Å²) < 4.78 is 4.55. The molecular formula is C30H32N6O4. The number of pyridine rings is 1. The molecule has 206 valence electrons. The number of nitrogens with two attached hydrogens (primary N) is 1. The molecule has 0 aliphatic heterocycles. The summed E-state index contributed by atoms with van der Waals surface area (Å²) in [6.07, 6.45) is 7.22. The second-order valence-electron chi connectivity index (χ2n) is 10.2. The molecule has 2 amide bonds. The molecule has 2 aromatic carbocycles. The van der Waals surface area contributed by atoms with Crippen molar-refractivity contribution >= 4 is 17.5 Å². The Labute approximate surface area is 231 Å². The van der Waals surface area contributed by atoms with Crippen LogP contribution in [-0.2, 0) is 16.0 Å². The van der Waals surface area contributed by atoms with Crippen LogP contribution in [0.4, 0.5) is 5.69 Å². The van der Waals surface area contributed by atoms with Crippen LogP contribution < -0.4 is 22.1 Å². The summed E-state index contributed by atoms with van der Waals surface area (Å²) in [7, 11) is 0. The van der Waals surface area contributed by atoms with Crippen LogP contribution in [0.3, 0.4) is 0 Å². The van der Waals surface area contributed by atoms with Gasteiger partial charge in [0, 0.05) is 36.0 Å². The van der Waals surface area contributed by atoms with Gasteiger partial charge in [-0.1, -0.05) is 29.4 Å². The van der Waals surface area contributed by atoms with Gasteiger partial charge in [-0.2, -0.15) is 0 Å². The minimum Gasteiger partial charge on any atom is -0.344 e. The average molecular weight is 541 g/mol. The number of aromatic amines is 1. The van der Waals surface area contributed by atoms with E-state index in [2.05, 4.69) is 30.3 Å². The van der Waals surface area contributed by atoms with Gasteiger partial charge in [0.15, 0.2) is 5.82 Å². The number of benzene rings is 2. The molecule has 1 unspecified atom stereocenters. The minimum atomic E-state index is -0.766. The van der Waals surface area contributed by atoms with E-state index in [0.29, 0.717) is 36.0 Å². The van der Waals surface area contributed by atoms with E-state index in [1.165, 1.54) is 0 Å². The number of hydrogen-bond acceptors (Lipinski definition) is 7. The highest BCUT2D eigenvalue weighted by molar-refractivity contribution is 5.97. The number of hydrogen-bond donors (Lipinski definition) is 4. The Hall–Kier alpha value is -4.57. The Kier molecular flexibility index (Phi) is 8.46. The fourth-order valence-corrected chi connectivity index (χ4v) is 5.07. The maximum atomic E-state index is 13.5. The lowest BCUT2D eigenvalue weighted by molar-refractivity contribution is -0.130. The Morgan fingerprint density at radius 3 is 2.20 bits per heavy atom. The van der Waals surface area contributed by atoms with Crippen molar-refractivity contribution in [1.82, 2.24) is 20.4 Å². The van der Waals surface area contributed by atoms with Crippen molar-refractivity contribution in [1.29, 1.82) is 0 Å². The van der Waals surface area contributed by atoms with Gasteiger partial charge in [0.1, 0.15) is 6.04 Å². The van der Waals surface area contributed by atoms with Crippen LogP contribution in [0, 0.1) is 11.8 Å². The molecule has 5 rings (SSSR count). The first-order valence-corrected chi connectivity index (χ1v) is 13.5. The van der Waals surface area contributed by atoms with Gasteiger partial charge < -0.3 is 16.4 Å². The second-order valence-corrected chi connectivity index (χ2v) is 10.2. The molecule has 10 heteroatoms. The minimum absolute atomic E-state index is 0.102. The number of anilines is 1. The quantitative estimate of drug-likeness (QED) is 0.253. The van der Waals surface area contributed by atoms with Crippen molar-refractivity contribution in [2.24, 2.45) is 17.6 Å². The van der Waals surface area contributed by atoms with Crippen molar-refractivity contribution in [3.63, 3.8) is 0 Å². The zero-order valence-electron chi connectivity index (χ0n) is 22.0. The Bertz CT molecular complexity index is 1470. The third-order valence-electron chi connectivity index (χ3n) is 7.46. The van der Waals surface area contributed by atoms with E-state index >= 15 is 0 Å². The smallest absolute Gasteiger partial charge is 0.344 e. The molecule has 40 heavy (non-hydrogen) atoms. The standard InChI is InChI=1S/C30H32N6O4/c31-18-20-3-7-24(8-4-20)28(37)34-26(17-19-1-5-21(6-2-19)22-13-15-32-16-14-22)29(38)33-25-11-9-23(10-12-25)27-35-30(39)40-36-27/h1-2,5-6,9-16,20,24,26H,3-4,7-8,17-18,31H2,(H,33,38)(H,34,37)(H,35,36,39). The maximum Gasteiger partial charge on any atom is 0.439 e. The van der Waals surface area contributed by atoms with Gasteiger partial charge in [-0.15, -0.1) is 0 Å². The molecule has 5 N–H and O–H groups in total. The first-order chi connectivity index (χ1) is 19.5. The van der Waals surface area contributed by atoms with Crippen LogP contribution in [-0.4, -0.2) is 39.5 Å². The third kappa shape index (κ3) is 6.70. The Morgan fingerprint density at radius 2 is 1.57 bits per heavy atom. The first-order valence-electron chi connectivity index (χ1n) is 13.5. The molecule has 2 heterocycles. The highest BCUT2D eigenvalue weighted by atomic mass is 16.5. The van der Waals surface area contributed by atoms with Gasteiger partial charge in [0.05, 0.1) is 0 Å². The third-order valence-corrected chi connectivity index (χ3v) is 7.46. The molecule has 0 saturated heterocycles. The van der Waals surface area contributed by atoms with Gasteiger partial charge in [0.2, 0.25) is 11.8 Å². The molecule has 0 spiro atoms. The van der Waals surface area contributed by atoms with Crippen LogP contribution in [0.1, 0.15) is 31.2 Å². The summed E-state index contributed by atoms with van der Waals surface area (Å²) in [5, 5.41) is 9.61. The number of carbonyl (C=O) groups excluding carboxylic acids is 2. The SMILES string of the molecule is NCC1CCC(C(=O)NC(Cc2ccc(-c3ccncc3)cc2)C(=O)Nc2ccc(-c3noc(=O)[nH]3)cc2)CC1. The van der Waals surface area contributed by atoms with Crippen LogP contribution in [0.2, 0.25) is 0 Å². The van der Waals surface area contributed by atoms with Crippen molar-refractivity contribution in [3.05, 3.63) is 89.2 Å². The fourth-order valence-electron chi connectivity index (χ4n) is 5.07. The molecule has 1 saturated carbocycles. The Morgan fingerprint density at radius 1 is 0.925 bits per heavy atom. The Balaban J connectivity index is 1.30. The number of nitrogens with one attached hydrogen (secondary N) is 3. The summed E-state index contributed by atoms with van der Waals surface area (Å²) in [5.74, 6) is -0.431. The maximum absolute atomic E-state index is 13.5. The van der Waals surface area contributed by atoms with Gasteiger partial charge in [-0.05, 0) is 91.2 Å². The van der Waals surface area contributed by atoms with Crippen molar-refractivity contribution < 1.29 is 14.1 Å². The van der Waals surface area contributed by atoms with E-state index in [0.717, 1.165) is 42.4 Å². The van der Waals surface area contributed by atoms with Gasteiger partial charge >= 0.3 is 5.76 Å². The fraction of sp³-hybridized carbons (Fsp3) is 0.300. The highest BCUT2D eigenvalue weighted by Crippen LogP contribution is 2.28. The number of rotatable bonds is 9.